The summed E-state index contributed by atoms with van der Waals surface area (Å²) in [5, 5.41) is 3.37. The highest BCUT2D eigenvalue weighted by molar-refractivity contribution is 5.29. The van der Waals surface area contributed by atoms with Crippen molar-refractivity contribution in [3.8, 4) is 5.75 Å². The Labute approximate surface area is 122 Å². The van der Waals surface area contributed by atoms with Crippen LogP contribution in [0, 0.1) is 0 Å². The topological polar surface area (TPSA) is 50.5 Å². The monoisotopic (exact) mass is 277 g/mol. The zero-order chi connectivity index (χ0) is 14.4. The average Bonchev–Trinajstić information content (AvgIpc) is 2.46. The summed E-state index contributed by atoms with van der Waals surface area (Å²) in [5.41, 5.74) is 7.47. The fraction of sp³-hybridized carbons (Fsp3) is 0.625. The Kier molecular flexibility index (Phi) is 5.40. The highest BCUT2D eigenvalue weighted by atomic mass is 16.5. The van der Waals surface area contributed by atoms with Crippen LogP contribution in [0.3, 0.4) is 0 Å². The molecular formula is C16H27N3O. The number of benzene rings is 1. The van der Waals surface area contributed by atoms with Crippen LogP contribution in [0.2, 0.25) is 0 Å². The predicted octanol–water partition coefficient (Wildman–Crippen LogP) is 1.60. The fourth-order valence-corrected chi connectivity index (χ4v) is 2.67. The van der Waals surface area contributed by atoms with Gasteiger partial charge >= 0.3 is 0 Å². The Morgan fingerprint density at radius 2 is 2.10 bits per heavy atom. The zero-order valence-corrected chi connectivity index (χ0v) is 12.7. The number of hydrogen-bond donors (Lipinski definition) is 2. The van der Waals surface area contributed by atoms with Crippen molar-refractivity contribution in [1.29, 1.82) is 0 Å². The minimum Gasteiger partial charge on any atom is -0.494 e. The number of nitrogens with one attached hydrogen (secondary N) is 1. The Balaban J connectivity index is 2.00. The van der Waals surface area contributed by atoms with Crippen molar-refractivity contribution in [1.82, 2.24) is 10.2 Å². The number of ether oxygens (including phenoxy) is 1. The third-order valence-corrected chi connectivity index (χ3v) is 3.77. The molecule has 0 radical (unpaired) electrons. The van der Waals surface area contributed by atoms with Crippen LogP contribution in [0.15, 0.2) is 24.3 Å². The number of piperazine rings is 1. The maximum Gasteiger partial charge on any atom is 0.119 e. The van der Waals surface area contributed by atoms with Crippen LogP contribution in [0.1, 0.15) is 25.8 Å². The van der Waals surface area contributed by atoms with E-state index in [0.29, 0.717) is 0 Å². The molecule has 2 rings (SSSR count). The number of nitrogens with two attached hydrogens (primary N) is 1. The van der Waals surface area contributed by atoms with Gasteiger partial charge in [-0.05, 0) is 31.0 Å². The van der Waals surface area contributed by atoms with Crippen LogP contribution in [-0.4, -0.2) is 43.3 Å². The highest BCUT2D eigenvalue weighted by Crippen LogP contribution is 2.20. The van der Waals surface area contributed by atoms with Gasteiger partial charge in [-0.3, -0.25) is 4.90 Å². The first-order valence-corrected chi connectivity index (χ1v) is 7.58. The molecule has 0 bridgehead atoms. The van der Waals surface area contributed by atoms with Crippen molar-refractivity contribution >= 4 is 0 Å². The van der Waals surface area contributed by atoms with E-state index in [1.54, 1.807) is 0 Å². The first kappa shape index (κ1) is 15.3. The molecule has 1 aromatic rings. The summed E-state index contributed by atoms with van der Waals surface area (Å²) in [7, 11) is 0. The molecule has 0 aromatic heterocycles. The van der Waals surface area contributed by atoms with Crippen LogP contribution in [0.5, 0.6) is 5.75 Å². The fourth-order valence-electron chi connectivity index (χ4n) is 2.67. The van der Waals surface area contributed by atoms with E-state index < -0.39 is 0 Å². The molecule has 0 spiro atoms. The lowest BCUT2D eigenvalue weighted by molar-refractivity contribution is 0.0932. The summed E-state index contributed by atoms with van der Waals surface area (Å²) in [5.74, 6) is 0.945. The van der Waals surface area contributed by atoms with Gasteiger partial charge in [-0.15, -0.1) is 0 Å². The molecule has 1 atom stereocenters. The second-order valence-corrected chi connectivity index (χ2v) is 5.77. The van der Waals surface area contributed by atoms with Gasteiger partial charge in [0.25, 0.3) is 0 Å². The third-order valence-electron chi connectivity index (χ3n) is 3.77. The number of rotatable bonds is 6. The molecule has 1 unspecified atom stereocenters. The van der Waals surface area contributed by atoms with E-state index in [-0.39, 0.29) is 5.66 Å². The summed E-state index contributed by atoms with van der Waals surface area (Å²) in [4.78, 5) is 2.36. The normalized spacial score (nSPS) is 19.6. The molecule has 0 saturated carbocycles. The molecule has 4 heteroatoms. The molecule has 112 valence electrons. The molecule has 0 amide bonds. The average molecular weight is 277 g/mol. The maximum absolute atomic E-state index is 6.53. The summed E-state index contributed by atoms with van der Waals surface area (Å²) in [6.07, 6.45) is 1.87. The van der Waals surface area contributed by atoms with Crippen LogP contribution in [0.25, 0.3) is 0 Å². The molecule has 20 heavy (non-hydrogen) atoms. The van der Waals surface area contributed by atoms with E-state index in [1.807, 2.05) is 12.1 Å². The quantitative estimate of drug-likeness (QED) is 0.829. The molecule has 1 heterocycles. The van der Waals surface area contributed by atoms with Gasteiger partial charge in [-0.1, -0.05) is 19.1 Å². The second-order valence-electron chi connectivity index (χ2n) is 5.77. The largest absolute Gasteiger partial charge is 0.494 e. The summed E-state index contributed by atoms with van der Waals surface area (Å²) >= 11 is 0. The Bertz CT molecular complexity index is 414. The standard InChI is InChI=1S/C16H27N3O/c1-3-11-20-15-6-4-5-14(12-15)13-16(2,17)19-9-7-18-8-10-19/h4-6,12,18H,3,7-11,13,17H2,1-2H3. The first-order valence-electron chi connectivity index (χ1n) is 7.58. The van der Waals surface area contributed by atoms with Gasteiger partial charge in [0, 0.05) is 32.6 Å². The van der Waals surface area contributed by atoms with Gasteiger partial charge < -0.3 is 15.8 Å². The lowest BCUT2D eigenvalue weighted by Gasteiger charge is -2.41. The zero-order valence-electron chi connectivity index (χ0n) is 12.7. The maximum atomic E-state index is 6.53. The molecule has 1 fully saturated rings. The van der Waals surface area contributed by atoms with Gasteiger partial charge in [0.05, 0.1) is 12.3 Å². The van der Waals surface area contributed by atoms with E-state index in [4.69, 9.17) is 10.5 Å². The molecular weight excluding hydrogens is 250 g/mol. The van der Waals surface area contributed by atoms with Crippen LogP contribution in [0.4, 0.5) is 0 Å². The second kappa shape index (κ2) is 7.07. The van der Waals surface area contributed by atoms with E-state index in [2.05, 4.69) is 36.2 Å². The van der Waals surface area contributed by atoms with Crippen molar-refractivity contribution in [2.45, 2.75) is 32.4 Å². The van der Waals surface area contributed by atoms with Crippen LogP contribution >= 0.6 is 0 Å². The predicted molar refractivity (Wildman–Crippen MR) is 83.0 cm³/mol. The van der Waals surface area contributed by atoms with Crippen molar-refractivity contribution in [2.75, 3.05) is 32.8 Å². The lowest BCUT2D eigenvalue weighted by Crippen LogP contribution is -2.60. The smallest absolute Gasteiger partial charge is 0.119 e. The van der Waals surface area contributed by atoms with E-state index in [1.165, 1.54) is 5.56 Å². The molecule has 1 saturated heterocycles. The van der Waals surface area contributed by atoms with Crippen molar-refractivity contribution in [3.63, 3.8) is 0 Å². The molecule has 0 aliphatic carbocycles. The molecule has 1 aliphatic rings. The summed E-state index contributed by atoms with van der Waals surface area (Å²) < 4.78 is 5.69. The first-order chi connectivity index (χ1) is 9.62. The van der Waals surface area contributed by atoms with E-state index in [0.717, 1.165) is 51.4 Å². The van der Waals surface area contributed by atoms with E-state index >= 15 is 0 Å². The summed E-state index contributed by atoms with van der Waals surface area (Å²) in [6, 6.07) is 8.31. The minimum atomic E-state index is -0.300. The molecule has 4 nitrogen and oxygen atoms in total. The van der Waals surface area contributed by atoms with Gasteiger partial charge in [-0.2, -0.15) is 0 Å². The van der Waals surface area contributed by atoms with E-state index in [9.17, 15) is 0 Å². The molecule has 1 aromatic carbocycles. The van der Waals surface area contributed by atoms with Gasteiger partial charge in [0.2, 0.25) is 0 Å². The van der Waals surface area contributed by atoms with Gasteiger partial charge in [0.15, 0.2) is 0 Å². The third kappa shape index (κ3) is 4.20. The minimum absolute atomic E-state index is 0.300. The summed E-state index contributed by atoms with van der Waals surface area (Å²) in [6.45, 7) is 9.07. The van der Waals surface area contributed by atoms with Gasteiger partial charge in [0.1, 0.15) is 5.75 Å². The SMILES string of the molecule is CCCOc1cccc(CC(C)(N)N2CCNCC2)c1. The van der Waals surface area contributed by atoms with Gasteiger partial charge in [-0.25, -0.2) is 0 Å². The lowest BCUT2D eigenvalue weighted by atomic mass is 9.99. The van der Waals surface area contributed by atoms with Crippen molar-refractivity contribution < 1.29 is 4.74 Å². The molecule has 3 N–H and O–H groups in total. The molecule has 1 aliphatic heterocycles. The Hall–Kier alpha value is -1.10. The number of nitrogens with zero attached hydrogens (tertiary/aromatic N) is 1. The van der Waals surface area contributed by atoms with Crippen molar-refractivity contribution in [2.24, 2.45) is 5.73 Å². The number of hydrogen-bond acceptors (Lipinski definition) is 4. The Morgan fingerprint density at radius 3 is 2.80 bits per heavy atom. The van der Waals surface area contributed by atoms with Crippen LogP contribution in [-0.2, 0) is 6.42 Å². The Morgan fingerprint density at radius 1 is 1.35 bits per heavy atom. The van der Waals surface area contributed by atoms with Crippen LogP contribution < -0.4 is 15.8 Å². The van der Waals surface area contributed by atoms with Crippen molar-refractivity contribution in [3.05, 3.63) is 29.8 Å². The highest BCUT2D eigenvalue weighted by Gasteiger charge is 2.28.